The molecule has 0 aromatic heterocycles. The Hall–Kier alpha value is -2.49. The smallest absolute Gasteiger partial charge is 0.267 e. The summed E-state index contributed by atoms with van der Waals surface area (Å²) < 4.78 is 12.8. The van der Waals surface area contributed by atoms with Gasteiger partial charge in [0, 0.05) is 5.56 Å². The number of nitrogens with zero attached hydrogens (tertiary/aromatic N) is 1. The number of hydrogen-bond acceptors (Lipinski definition) is 2. The zero-order valence-corrected chi connectivity index (χ0v) is 12.0. The zero-order valence-electron chi connectivity index (χ0n) is 12.0. The number of benzene rings is 2. The molecule has 0 unspecified atom stereocenters. The molecule has 0 bridgehead atoms. The van der Waals surface area contributed by atoms with Crippen LogP contribution in [0.1, 0.15) is 41.3 Å². The van der Waals surface area contributed by atoms with Crippen molar-refractivity contribution in [3.63, 3.8) is 0 Å². The van der Waals surface area contributed by atoms with Gasteiger partial charge in [-0.3, -0.25) is 4.79 Å². The van der Waals surface area contributed by atoms with Gasteiger partial charge in [-0.2, -0.15) is 5.10 Å². The molecule has 1 amide bonds. The number of carbonyl (C=O) groups excluding carboxylic acids is 1. The van der Waals surface area contributed by atoms with Crippen LogP contribution in [0.3, 0.4) is 0 Å². The van der Waals surface area contributed by atoms with Gasteiger partial charge in [0.25, 0.3) is 5.91 Å². The minimum absolute atomic E-state index is 0.365. The van der Waals surface area contributed by atoms with E-state index >= 15 is 0 Å². The van der Waals surface area contributed by atoms with Crippen LogP contribution in [0.25, 0.3) is 0 Å². The molecule has 0 radical (unpaired) electrons. The van der Waals surface area contributed by atoms with E-state index in [0.29, 0.717) is 11.5 Å². The van der Waals surface area contributed by atoms with Crippen molar-refractivity contribution in [2.24, 2.45) is 5.10 Å². The molecule has 1 N–H and O–H groups in total. The summed E-state index contributed by atoms with van der Waals surface area (Å²) in [6.45, 7) is 4.26. The first-order valence-electron chi connectivity index (χ1n) is 6.75. The number of rotatable bonds is 4. The Morgan fingerprint density at radius 2 is 1.71 bits per heavy atom. The summed E-state index contributed by atoms with van der Waals surface area (Å²) in [4.78, 5) is 11.7. The molecule has 2 aromatic rings. The molecular formula is C17H17FN2O. The van der Waals surface area contributed by atoms with Crippen LogP contribution in [-0.4, -0.2) is 12.1 Å². The molecule has 4 heteroatoms. The third-order valence-electron chi connectivity index (χ3n) is 3.09. The van der Waals surface area contributed by atoms with Crippen LogP contribution >= 0.6 is 0 Å². The van der Waals surface area contributed by atoms with E-state index in [1.165, 1.54) is 29.8 Å². The highest BCUT2D eigenvalue weighted by Gasteiger charge is 2.03. The fraction of sp³-hybridized carbons (Fsp3) is 0.176. The summed E-state index contributed by atoms with van der Waals surface area (Å²) >= 11 is 0. The van der Waals surface area contributed by atoms with E-state index in [9.17, 15) is 9.18 Å². The van der Waals surface area contributed by atoms with E-state index in [2.05, 4.69) is 24.4 Å². The molecule has 2 rings (SSSR count). The second-order valence-electron chi connectivity index (χ2n) is 5.03. The quantitative estimate of drug-likeness (QED) is 0.675. The standard InChI is InChI=1S/C17H17FN2O/c1-12(2)14-5-3-13(4-6-14)11-19-20-17(21)15-7-9-16(18)10-8-15/h3-12H,1-2H3,(H,20,21)/b19-11-. The monoisotopic (exact) mass is 284 g/mol. The lowest BCUT2D eigenvalue weighted by Crippen LogP contribution is -2.17. The van der Waals surface area contributed by atoms with Crippen molar-refractivity contribution in [3.05, 3.63) is 71.0 Å². The first-order valence-corrected chi connectivity index (χ1v) is 6.75. The van der Waals surface area contributed by atoms with Gasteiger partial charge in [-0.25, -0.2) is 9.82 Å². The SMILES string of the molecule is CC(C)c1ccc(/C=N\NC(=O)c2ccc(F)cc2)cc1. The fourth-order valence-corrected chi connectivity index (χ4v) is 1.80. The number of hydrazone groups is 1. The van der Waals surface area contributed by atoms with Crippen LogP contribution in [-0.2, 0) is 0 Å². The number of nitrogens with one attached hydrogen (secondary N) is 1. The van der Waals surface area contributed by atoms with E-state index < -0.39 is 0 Å². The van der Waals surface area contributed by atoms with Crippen LogP contribution in [0.4, 0.5) is 4.39 Å². The van der Waals surface area contributed by atoms with Crippen molar-refractivity contribution in [2.45, 2.75) is 19.8 Å². The Morgan fingerprint density at radius 3 is 2.29 bits per heavy atom. The zero-order chi connectivity index (χ0) is 15.2. The lowest BCUT2D eigenvalue weighted by Gasteiger charge is -2.04. The van der Waals surface area contributed by atoms with E-state index in [4.69, 9.17) is 0 Å². The molecule has 2 aromatic carbocycles. The molecule has 0 aliphatic rings. The van der Waals surface area contributed by atoms with Crippen molar-refractivity contribution < 1.29 is 9.18 Å². The summed E-state index contributed by atoms with van der Waals surface area (Å²) in [6, 6.07) is 13.3. The summed E-state index contributed by atoms with van der Waals surface area (Å²) in [5.41, 5.74) is 4.93. The van der Waals surface area contributed by atoms with Gasteiger partial charge >= 0.3 is 0 Å². The van der Waals surface area contributed by atoms with Crippen LogP contribution in [0.2, 0.25) is 0 Å². The van der Waals surface area contributed by atoms with Crippen LogP contribution in [0.5, 0.6) is 0 Å². The molecule has 0 heterocycles. The predicted octanol–water partition coefficient (Wildman–Crippen LogP) is 3.71. The van der Waals surface area contributed by atoms with Gasteiger partial charge in [0.15, 0.2) is 0 Å². The van der Waals surface area contributed by atoms with Gasteiger partial charge in [0.2, 0.25) is 0 Å². The fourth-order valence-electron chi connectivity index (χ4n) is 1.80. The van der Waals surface area contributed by atoms with Crippen molar-refractivity contribution in [1.82, 2.24) is 5.43 Å². The normalized spacial score (nSPS) is 11.0. The average molecular weight is 284 g/mol. The average Bonchev–Trinajstić information content (AvgIpc) is 2.48. The lowest BCUT2D eigenvalue weighted by atomic mass is 10.0. The van der Waals surface area contributed by atoms with E-state index in [-0.39, 0.29) is 11.7 Å². The Morgan fingerprint density at radius 1 is 1.10 bits per heavy atom. The molecule has 0 saturated carbocycles. The van der Waals surface area contributed by atoms with Gasteiger partial charge in [0.1, 0.15) is 5.82 Å². The van der Waals surface area contributed by atoms with Gasteiger partial charge in [-0.15, -0.1) is 0 Å². The van der Waals surface area contributed by atoms with Crippen LogP contribution < -0.4 is 5.43 Å². The molecule has 0 atom stereocenters. The van der Waals surface area contributed by atoms with Gasteiger partial charge in [-0.05, 0) is 41.3 Å². The molecule has 0 fully saturated rings. The summed E-state index contributed by atoms with van der Waals surface area (Å²) in [5.74, 6) is -0.264. The second kappa shape index (κ2) is 6.79. The van der Waals surface area contributed by atoms with Crippen molar-refractivity contribution in [2.75, 3.05) is 0 Å². The van der Waals surface area contributed by atoms with Crippen molar-refractivity contribution in [1.29, 1.82) is 0 Å². The maximum atomic E-state index is 12.8. The minimum atomic E-state index is -0.375. The Kier molecular flexibility index (Phi) is 4.82. The molecule has 108 valence electrons. The first kappa shape index (κ1) is 14.9. The van der Waals surface area contributed by atoms with Gasteiger partial charge in [-0.1, -0.05) is 38.1 Å². The Labute approximate surface area is 123 Å². The van der Waals surface area contributed by atoms with E-state index in [0.717, 1.165) is 5.56 Å². The summed E-state index contributed by atoms with van der Waals surface area (Å²) in [6.07, 6.45) is 1.57. The molecule has 0 spiro atoms. The third-order valence-corrected chi connectivity index (χ3v) is 3.09. The largest absolute Gasteiger partial charge is 0.271 e. The van der Waals surface area contributed by atoms with Crippen LogP contribution in [0, 0.1) is 5.82 Å². The molecule has 3 nitrogen and oxygen atoms in total. The van der Waals surface area contributed by atoms with E-state index in [1.54, 1.807) is 6.21 Å². The van der Waals surface area contributed by atoms with Crippen LogP contribution in [0.15, 0.2) is 53.6 Å². The maximum absolute atomic E-state index is 12.8. The molecule has 0 aliphatic heterocycles. The summed E-state index contributed by atoms with van der Waals surface area (Å²) in [5, 5.41) is 3.90. The Balaban J connectivity index is 1.95. The third kappa shape index (κ3) is 4.24. The second-order valence-corrected chi connectivity index (χ2v) is 5.03. The number of hydrogen-bond donors (Lipinski definition) is 1. The minimum Gasteiger partial charge on any atom is -0.267 e. The number of amides is 1. The highest BCUT2D eigenvalue weighted by Crippen LogP contribution is 2.13. The predicted molar refractivity (Wildman–Crippen MR) is 82.0 cm³/mol. The maximum Gasteiger partial charge on any atom is 0.271 e. The Bertz CT molecular complexity index is 631. The summed E-state index contributed by atoms with van der Waals surface area (Å²) in [7, 11) is 0. The molecule has 0 aliphatic carbocycles. The first-order chi connectivity index (χ1) is 10.1. The molecular weight excluding hydrogens is 267 g/mol. The number of halogens is 1. The van der Waals surface area contributed by atoms with Gasteiger partial charge < -0.3 is 0 Å². The topological polar surface area (TPSA) is 41.5 Å². The van der Waals surface area contributed by atoms with Crippen molar-refractivity contribution in [3.8, 4) is 0 Å². The highest BCUT2D eigenvalue weighted by molar-refractivity contribution is 5.94. The van der Waals surface area contributed by atoms with Gasteiger partial charge in [0.05, 0.1) is 6.21 Å². The highest BCUT2D eigenvalue weighted by atomic mass is 19.1. The van der Waals surface area contributed by atoms with E-state index in [1.807, 2.05) is 24.3 Å². The van der Waals surface area contributed by atoms with Crippen molar-refractivity contribution >= 4 is 12.1 Å². The number of carbonyl (C=O) groups is 1. The molecule has 0 saturated heterocycles. The molecule has 21 heavy (non-hydrogen) atoms. The lowest BCUT2D eigenvalue weighted by molar-refractivity contribution is 0.0955.